The van der Waals surface area contributed by atoms with Crippen molar-refractivity contribution in [2.24, 2.45) is 15.2 Å². The fourth-order valence-electron chi connectivity index (χ4n) is 3.94. The number of hydrogen-bond donors (Lipinski definition) is 1. The second-order valence-corrected chi connectivity index (χ2v) is 10.2. The van der Waals surface area contributed by atoms with E-state index in [2.05, 4.69) is 53.1 Å². The van der Waals surface area contributed by atoms with E-state index < -0.39 is 11.7 Å². The molecule has 0 unspecified atom stereocenters. The van der Waals surface area contributed by atoms with Gasteiger partial charge in [0.1, 0.15) is 11.3 Å². The molecule has 0 spiro atoms. The number of benzene rings is 4. The molecule has 0 saturated carbocycles. The fraction of sp³-hybridized carbons (Fsp3) is 0.161. The first-order chi connectivity index (χ1) is 19.0. The lowest BCUT2D eigenvalue weighted by Gasteiger charge is -2.18. The summed E-state index contributed by atoms with van der Waals surface area (Å²) in [5, 5.41) is 18.2. The average molecular weight is 543 g/mol. The number of nitrogens with zero attached hydrogens (tertiary/aromatic N) is 4. The summed E-state index contributed by atoms with van der Waals surface area (Å²) >= 11 is 0. The van der Waals surface area contributed by atoms with E-state index >= 15 is 0 Å². The molecule has 0 amide bonds. The van der Waals surface area contributed by atoms with Gasteiger partial charge >= 0.3 is 6.18 Å². The van der Waals surface area contributed by atoms with E-state index in [9.17, 15) is 18.3 Å². The van der Waals surface area contributed by atoms with Gasteiger partial charge in [0, 0.05) is 17.3 Å². The molecule has 1 heterocycles. The number of aromatic hydroxyl groups is 1. The third-order valence-corrected chi connectivity index (χ3v) is 6.19. The predicted molar refractivity (Wildman–Crippen MR) is 149 cm³/mol. The van der Waals surface area contributed by atoms with E-state index in [4.69, 9.17) is 4.42 Å². The van der Waals surface area contributed by atoms with Gasteiger partial charge in [-0.15, -0.1) is 0 Å². The van der Waals surface area contributed by atoms with Crippen LogP contribution in [0.4, 0.5) is 30.2 Å². The van der Waals surface area contributed by atoms with Gasteiger partial charge in [-0.25, -0.2) is 4.98 Å². The maximum atomic E-state index is 12.9. The van der Waals surface area contributed by atoms with Crippen LogP contribution >= 0.6 is 0 Å². The van der Waals surface area contributed by atoms with Crippen molar-refractivity contribution < 1.29 is 22.7 Å². The summed E-state index contributed by atoms with van der Waals surface area (Å²) < 4.78 is 44.8. The molecule has 40 heavy (non-hydrogen) atoms. The first-order valence-corrected chi connectivity index (χ1v) is 12.4. The Morgan fingerprint density at radius 1 is 0.775 bits per heavy atom. The van der Waals surface area contributed by atoms with Crippen molar-refractivity contribution in [3.63, 3.8) is 0 Å². The van der Waals surface area contributed by atoms with E-state index in [-0.39, 0.29) is 16.9 Å². The molecule has 1 aromatic heterocycles. The Hall–Kier alpha value is -4.79. The topological polar surface area (TPSA) is 83.3 Å². The second kappa shape index (κ2) is 10.4. The zero-order valence-corrected chi connectivity index (χ0v) is 21.9. The van der Waals surface area contributed by atoms with Crippen molar-refractivity contribution in [1.29, 1.82) is 0 Å². The number of aliphatic imine (C=N–C) groups is 1. The van der Waals surface area contributed by atoms with Crippen LogP contribution in [0.2, 0.25) is 0 Å². The highest BCUT2D eigenvalue weighted by Crippen LogP contribution is 2.33. The van der Waals surface area contributed by atoms with Crippen LogP contribution in [-0.2, 0) is 11.6 Å². The van der Waals surface area contributed by atoms with Crippen LogP contribution in [-0.4, -0.2) is 16.3 Å². The Morgan fingerprint density at radius 2 is 1.48 bits per heavy atom. The third kappa shape index (κ3) is 6.09. The minimum Gasteiger partial charge on any atom is -0.507 e. The highest BCUT2D eigenvalue weighted by atomic mass is 19.4. The number of alkyl halides is 3. The van der Waals surface area contributed by atoms with Gasteiger partial charge in [-0.2, -0.15) is 23.4 Å². The average Bonchev–Trinajstić information content (AvgIpc) is 3.35. The second-order valence-electron chi connectivity index (χ2n) is 10.2. The number of azo groups is 1. The lowest BCUT2D eigenvalue weighted by molar-refractivity contribution is -0.137. The number of phenols is 1. The largest absolute Gasteiger partial charge is 0.507 e. The first kappa shape index (κ1) is 26.8. The summed E-state index contributed by atoms with van der Waals surface area (Å²) in [4.78, 5) is 9.05. The number of fused-ring (bicyclic) bond motifs is 1. The third-order valence-electron chi connectivity index (χ3n) is 6.19. The predicted octanol–water partition coefficient (Wildman–Crippen LogP) is 9.68. The molecule has 0 saturated heterocycles. The van der Waals surface area contributed by atoms with Gasteiger partial charge in [0.05, 0.1) is 22.6 Å². The van der Waals surface area contributed by atoms with Crippen LogP contribution in [0.1, 0.15) is 37.5 Å². The van der Waals surface area contributed by atoms with Crippen molar-refractivity contribution in [1.82, 2.24) is 4.98 Å². The van der Waals surface area contributed by atoms with Gasteiger partial charge < -0.3 is 9.52 Å². The molecule has 1 N–H and O–H groups in total. The van der Waals surface area contributed by atoms with E-state index in [1.807, 2.05) is 12.1 Å². The molecular weight excluding hydrogens is 517 g/mol. The molecule has 202 valence electrons. The van der Waals surface area contributed by atoms with E-state index in [1.54, 1.807) is 18.2 Å². The van der Waals surface area contributed by atoms with Gasteiger partial charge in [-0.3, -0.25) is 4.99 Å². The normalized spacial score (nSPS) is 12.7. The Labute approximate surface area is 228 Å². The van der Waals surface area contributed by atoms with Crippen molar-refractivity contribution >= 4 is 34.4 Å². The molecule has 5 aromatic rings. The molecule has 6 nitrogen and oxygen atoms in total. The number of halogens is 3. The number of oxazole rings is 1. The van der Waals surface area contributed by atoms with Crippen molar-refractivity contribution in [3.8, 4) is 17.2 Å². The summed E-state index contributed by atoms with van der Waals surface area (Å²) in [7, 11) is 0. The van der Waals surface area contributed by atoms with Crippen LogP contribution in [0, 0.1) is 0 Å². The Kier molecular flexibility index (Phi) is 6.97. The van der Waals surface area contributed by atoms with Crippen LogP contribution in [0.5, 0.6) is 5.75 Å². The Balaban J connectivity index is 1.35. The molecule has 4 aromatic carbocycles. The molecule has 0 aliphatic carbocycles. The Bertz CT molecular complexity index is 1730. The smallest absolute Gasteiger partial charge is 0.416 e. The summed E-state index contributed by atoms with van der Waals surface area (Å²) in [6.45, 7) is 6.47. The van der Waals surface area contributed by atoms with E-state index in [0.29, 0.717) is 33.9 Å². The molecule has 0 atom stereocenters. The van der Waals surface area contributed by atoms with E-state index in [1.165, 1.54) is 42.1 Å². The lowest BCUT2D eigenvalue weighted by atomic mass is 9.87. The van der Waals surface area contributed by atoms with Gasteiger partial charge in [-0.1, -0.05) is 39.0 Å². The standard InChI is InChI=1S/C31H25F3N4O2/c1-30(2,3)21-9-7-19(8-10-21)29-36-26-17-23(12-14-28(26)40-29)35-18-20-15-25(11-13-27(20)39)38-37-24-6-4-5-22(16-24)31(32,33)34/h4-18,39H,1-3H3. The van der Waals surface area contributed by atoms with Gasteiger partial charge in [-0.05, 0) is 77.7 Å². The van der Waals surface area contributed by atoms with Gasteiger partial charge in [0.25, 0.3) is 0 Å². The molecule has 0 aliphatic rings. The summed E-state index contributed by atoms with van der Waals surface area (Å²) in [5.74, 6) is 0.471. The highest BCUT2D eigenvalue weighted by molar-refractivity contribution is 5.88. The minimum atomic E-state index is -4.47. The van der Waals surface area contributed by atoms with Crippen molar-refractivity contribution in [3.05, 3.63) is 102 Å². The maximum Gasteiger partial charge on any atom is 0.416 e. The molecular formula is C31H25F3N4O2. The SMILES string of the molecule is CC(C)(C)c1ccc(-c2nc3cc(N=Cc4cc(N=Nc5cccc(C(F)(F)F)c5)ccc4O)ccc3o2)cc1. The van der Waals surface area contributed by atoms with Gasteiger partial charge in [0.2, 0.25) is 5.89 Å². The van der Waals surface area contributed by atoms with Crippen LogP contribution in [0.3, 0.4) is 0 Å². The quantitative estimate of drug-likeness (QED) is 0.177. The van der Waals surface area contributed by atoms with Crippen LogP contribution < -0.4 is 0 Å². The zero-order valence-electron chi connectivity index (χ0n) is 21.9. The number of rotatable bonds is 5. The minimum absolute atomic E-state index is 0.0368. The van der Waals surface area contributed by atoms with Crippen molar-refractivity contribution in [2.45, 2.75) is 32.4 Å². The lowest BCUT2D eigenvalue weighted by Crippen LogP contribution is -2.10. The molecule has 0 radical (unpaired) electrons. The van der Waals surface area contributed by atoms with Crippen molar-refractivity contribution in [2.75, 3.05) is 0 Å². The fourth-order valence-corrected chi connectivity index (χ4v) is 3.94. The van der Waals surface area contributed by atoms with Crippen LogP contribution in [0.25, 0.3) is 22.6 Å². The van der Waals surface area contributed by atoms with Gasteiger partial charge in [0.15, 0.2) is 5.58 Å². The summed E-state index contributed by atoms with van der Waals surface area (Å²) in [6, 6.07) is 22.5. The van der Waals surface area contributed by atoms with Crippen LogP contribution in [0.15, 0.2) is 105 Å². The molecule has 0 fully saturated rings. The summed E-state index contributed by atoms with van der Waals surface area (Å²) in [5.41, 5.74) is 3.93. The Morgan fingerprint density at radius 3 is 2.17 bits per heavy atom. The number of aromatic nitrogens is 1. The summed E-state index contributed by atoms with van der Waals surface area (Å²) in [6.07, 6.45) is -3.01. The molecule has 9 heteroatoms. The molecule has 0 aliphatic heterocycles. The van der Waals surface area contributed by atoms with E-state index in [0.717, 1.165) is 17.7 Å². The monoisotopic (exact) mass is 542 g/mol. The first-order valence-electron chi connectivity index (χ1n) is 12.4. The molecule has 5 rings (SSSR count). The zero-order chi connectivity index (χ0) is 28.5. The number of phenolic OH excluding ortho intramolecular Hbond substituents is 1. The highest BCUT2D eigenvalue weighted by Gasteiger charge is 2.30. The maximum absolute atomic E-state index is 12.9. The number of hydrogen-bond acceptors (Lipinski definition) is 6. The molecule has 0 bridgehead atoms.